The summed E-state index contributed by atoms with van der Waals surface area (Å²) < 4.78 is 19.6. The maximum Gasteiger partial charge on any atom is 0.224 e. The first-order valence-electron chi connectivity index (χ1n) is 10.0. The predicted molar refractivity (Wildman–Crippen MR) is 118 cm³/mol. The highest BCUT2D eigenvalue weighted by Gasteiger charge is 2.10. The zero-order valence-corrected chi connectivity index (χ0v) is 17.1. The summed E-state index contributed by atoms with van der Waals surface area (Å²) in [6.07, 6.45) is 4.30. The number of H-pyrrole nitrogens is 1. The SMILES string of the molecule is Cc1ccc(CCC(=O)Nc2cc(NCc3ccc(-c4cn[nH]c4)cc3)ccc2F)o1. The van der Waals surface area contributed by atoms with Gasteiger partial charge in [-0.1, -0.05) is 24.3 Å². The van der Waals surface area contributed by atoms with E-state index >= 15 is 0 Å². The van der Waals surface area contributed by atoms with Crippen LogP contribution in [0.25, 0.3) is 11.1 Å². The van der Waals surface area contributed by atoms with Crippen LogP contribution in [0.15, 0.2) is 71.4 Å². The molecule has 0 spiro atoms. The molecule has 0 aliphatic rings. The van der Waals surface area contributed by atoms with Crippen molar-refractivity contribution in [3.63, 3.8) is 0 Å². The molecule has 6 nitrogen and oxygen atoms in total. The Bertz CT molecular complexity index is 1150. The molecule has 0 saturated carbocycles. The van der Waals surface area contributed by atoms with Gasteiger partial charge in [0, 0.05) is 36.8 Å². The topological polar surface area (TPSA) is 83.0 Å². The van der Waals surface area contributed by atoms with E-state index in [1.807, 2.05) is 49.5 Å². The molecule has 0 unspecified atom stereocenters. The number of furan rings is 1. The minimum atomic E-state index is -0.475. The molecule has 0 fully saturated rings. The third kappa shape index (κ3) is 5.39. The van der Waals surface area contributed by atoms with Gasteiger partial charge in [0.15, 0.2) is 0 Å². The van der Waals surface area contributed by atoms with Crippen molar-refractivity contribution < 1.29 is 13.6 Å². The summed E-state index contributed by atoms with van der Waals surface area (Å²) in [4.78, 5) is 12.2. The van der Waals surface area contributed by atoms with E-state index < -0.39 is 5.82 Å². The fraction of sp³-hybridized carbons (Fsp3) is 0.167. The van der Waals surface area contributed by atoms with Gasteiger partial charge in [-0.05, 0) is 48.4 Å². The Morgan fingerprint density at radius 1 is 1.10 bits per heavy atom. The number of aryl methyl sites for hydroxylation is 2. The van der Waals surface area contributed by atoms with Crippen molar-refractivity contribution >= 4 is 17.3 Å². The van der Waals surface area contributed by atoms with Crippen LogP contribution >= 0.6 is 0 Å². The van der Waals surface area contributed by atoms with E-state index in [1.54, 1.807) is 18.3 Å². The van der Waals surface area contributed by atoms with Crippen LogP contribution in [0.2, 0.25) is 0 Å². The standard InChI is InChI=1S/C24H23FN4O2/c1-16-2-8-21(31-16)9-11-24(30)29-23-12-20(7-10-22(23)25)26-13-17-3-5-18(6-4-17)19-14-27-28-15-19/h2-8,10,12,14-15,26H,9,11,13H2,1H3,(H,27,28)(H,29,30). The van der Waals surface area contributed by atoms with Crippen LogP contribution in [0, 0.1) is 12.7 Å². The number of amides is 1. The molecule has 158 valence electrons. The lowest BCUT2D eigenvalue weighted by Crippen LogP contribution is -2.13. The second-order valence-corrected chi connectivity index (χ2v) is 7.29. The van der Waals surface area contributed by atoms with E-state index in [2.05, 4.69) is 20.8 Å². The number of benzene rings is 2. The first-order valence-corrected chi connectivity index (χ1v) is 10.0. The number of aromatic nitrogens is 2. The van der Waals surface area contributed by atoms with Gasteiger partial charge in [0.05, 0.1) is 11.9 Å². The quantitative estimate of drug-likeness (QED) is 0.363. The maximum atomic E-state index is 14.2. The summed E-state index contributed by atoms with van der Waals surface area (Å²) in [6.45, 7) is 2.42. The molecule has 7 heteroatoms. The molecule has 2 heterocycles. The first-order chi connectivity index (χ1) is 15.1. The van der Waals surface area contributed by atoms with E-state index in [-0.39, 0.29) is 18.0 Å². The summed E-state index contributed by atoms with van der Waals surface area (Å²) in [5.74, 6) is 0.802. The van der Waals surface area contributed by atoms with Crippen molar-refractivity contribution in [2.45, 2.75) is 26.3 Å². The van der Waals surface area contributed by atoms with Crippen LogP contribution in [0.1, 0.15) is 23.5 Å². The Morgan fingerprint density at radius 2 is 1.94 bits per heavy atom. The van der Waals surface area contributed by atoms with Crippen LogP contribution in [0.5, 0.6) is 0 Å². The zero-order chi connectivity index (χ0) is 21.6. The molecule has 4 aromatic rings. The van der Waals surface area contributed by atoms with Gasteiger partial charge in [-0.25, -0.2) is 4.39 Å². The van der Waals surface area contributed by atoms with E-state index in [4.69, 9.17) is 4.42 Å². The molecular weight excluding hydrogens is 395 g/mol. The summed E-state index contributed by atoms with van der Waals surface area (Å²) in [5, 5.41) is 12.7. The van der Waals surface area contributed by atoms with Crippen LogP contribution in [-0.2, 0) is 17.8 Å². The Kier molecular flexibility index (Phi) is 6.12. The molecule has 0 saturated heterocycles. The van der Waals surface area contributed by atoms with Crippen molar-refractivity contribution in [2.75, 3.05) is 10.6 Å². The Morgan fingerprint density at radius 3 is 2.65 bits per heavy atom. The summed E-state index contributed by atoms with van der Waals surface area (Å²) in [5.41, 5.74) is 4.06. The van der Waals surface area contributed by atoms with Crippen LogP contribution in [-0.4, -0.2) is 16.1 Å². The van der Waals surface area contributed by atoms with Crippen molar-refractivity contribution in [1.29, 1.82) is 0 Å². The molecule has 0 aliphatic heterocycles. The van der Waals surface area contributed by atoms with Gasteiger partial charge in [0.2, 0.25) is 5.91 Å². The second kappa shape index (κ2) is 9.30. The highest BCUT2D eigenvalue weighted by Crippen LogP contribution is 2.22. The van der Waals surface area contributed by atoms with E-state index in [9.17, 15) is 9.18 Å². The van der Waals surface area contributed by atoms with E-state index in [0.29, 0.717) is 13.0 Å². The zero-order valence-electron chi connectivity index (χ0n) is 17.1. The summed E-state index contributed by atoms with van der Waals surface area (Å²) >= 11 is 0. The molecule has 2 aromatic carbocycles. The minimum absolute atomic E-state index is 0.154. The Hall–Kier alpha value is -3.87. The summed E-state index contributed by atoms with van der Waals surface area (Å²) in [6, 6.07) is 16.4. The van der Waals surface area contributed by atoms with Crippen LogP contribution in [0.3, 0.4) is 0 Å². The fourth-order valence-electron chi connectivity index (χ4n) is 3.23. The maximum absolute atomic E-state index is 14.2. The molecule has 4 rings (SSSR count). The van der Waals surface area contributed by atoms with Crippen molar-refractivity contribution in [3.05, 3.63) is 89.9 Å². The van der Waals surface area contributed by atoms with Gasteiger partial charge in [-0.2, -0.15) is 5.10 Å². The second-order valence-electron chi connectivity index (χ2n) is 7.29. The van der Waals surface area contributed by atoms with Crippen molar-refractivity contribution in [2.24, 2.45) is 0 Å². The minimum Gasteiger partial charge on any atom is -0.466 e. The average Bonchev–Trinajstić information content (AvgIpc) is 3.45. The van der Waals surface area contributed by atoms with Gasteiger partial charge in [0.25, 0.3) is 0 Å². The Balaban J connectivity index is 1.33. The number of anilines is 2. The molecule has 0 atom stereocenters. The lowest BCUT2D eigenvalue weighted by Gasteiger charge is -2.11. The van der Waals surface area contributed by atoms with Gasteiger partial charge in [-0.15, -0.1) is 0 Å². The highest BCUT2D eigenvalue weighted by molar-refractivity contribution is 5.91. The monoisotopic (exact) mass is 418 g/mol. The molecule has 3 N–H and O–H groups in total. The van der Waals surface area contributed by atoms with Crippen LogP contribution in [0.4, 0.5) is 15.8 Å². The van der Waals surface area contributed by atoms with Crippen molar-refractivity contribution in [1.82, 2.24) is 10.2 Å². The van der Waals surface area contributed by atoms with Crippen LogP contribution < -0.4 is 10.6 Å². The normalized spacial score (nSPS) is 10.8. The van der Waals surface area contributed by atoms with Gasteiger partial charge in [0.1, 0.15) is 17.3 Å². The fourth-order valence-corrected chi connectivity index (χ4v) is 3.23. The number of carbonyl (C=O) groups is 1. The molecule has 0 aliphatic carbocycles. The first kappa shape index (κ1) is 20.4. The van der Waals surface area contributed by atoms with E-state index in [1.165, 1.54) is 6.07 Å². The highest BCUT2D eigenvalue weighted by atomic mass is 19.1. The number of rotatable bonds is 8. The van der Waals surface area contributed by atoms with Crippen molar-refractivity contribution in [3.8, 4) is 11.1 Å². The lowest BCUT2D eigenvalue weighted by atomic mass is 10.1. The number of nitrogens with zero attached hydrogens (tertiary/aromatic N) is 1. The number of hydrogen-bond acceptors (Lipinski definition) is 4. The lowest BCUT2D eigenvalue weighted by molar-refractivity contribution is -0.116. The Labute approximate surface area is 179 Å². The molecular formula is C24H23FN4O2. The van der Waals surface area contributed by atoms with Gasteiger partial charge in [-0.3, -0.25) is 9.89 Å². The number of carbonyl (C=O) groups excluding carboxylic acids is 1. The number of hydrogen-bond donors (Lipinski definition) is 3. The molecule has 1 amide bonds. The number of aromatic amines is 1. The smallest absolute Gasteiger partial charge is 0.224 e. The largest absolute Gasteiger partial charge is 0.466 e. The third-order valence-electron chi connectivity index (χ3n) is 4.92. The molecule has 2 aromatic heterocycles. The predicted octanol–water partition coefficient (Wildman–Crippen LogP) is 5.30. The number of halogens is 1. The summed E-state index contributed by atoms with van der Waals surface area (Å²) in [7, 11) is 0. The number of nitrogens with one attached hydrogen (secondary N) is 3. The molecule has 0 bridgehead atoms. The third-order valence-corrected chi connectivity index (χ3v) is 4.92. The molecule has 0 radical (unpaired) electrons. The van der Waals surface area contributed by atoms with Gasteiger partial charge < -0.3 is 15.1 Å². The average molecular weight is 418 g/mol. The van der Waals surface area contributed by atoms with E-state index in [0.717, 1.165) is 33.9 Å². The molecule has 31 heavy (non-hydrogen) atoms. The van der Waals surface area contributed by atoms with Gasteiger partial charge >= 0.3 is 0 Å².